The maximum atomic E-state index is 14.0. The molecule has 6 nitrogen and oxygen atoms in total. The van der Waals surface area contributed by atoms with E-state index in [0.717, 1.165) is 62.3 Å². The molecule has 0 fully saturated rings. The molecule has 42 heavy (non-hydrogen) atoms. The fourth-order valence-electron chi connectivity index (χ4n) is 4.33. The third-order valence-electron chi connectivity index (χ3n) is 6.83. The number of hydrogen-bond acceptors (Lipinski definition) is 6. The van der Waals surface area contributed by atoms with Gasteiger partial charge in [-0.2, -0.15) is 23.7 Å². The number of anilines is 1. The van der Waals surface area contributed by atoms with Gasteiger partial charge in [-0.3, -0.25) is 0 Å². The normalized spacial score (nSPS) is 16.9. The van der Waals surface area contributed by atoms with Crippen molar-refractivity contribution in [2.24, 2.45) is 0 Å². The van der Waals surface area contributed by atoms with Crippen LogP contribution in [0.3, 0.4) is 0 Å². The largest absolute Gasteiger partial charge is 0.507 e. The van der Waals surface area contributed by atoms with Gasteiger partial charge in [0, 0.05) is 45.7 Å². The number of alkyl halides is 3. The zero-order chi connectivity index (χ0) is 30.9. The molecule has 3 rings (SSSR count). The summed E-state index contributed by atoms with van der Waals surface area (Å²) in [4.78, 5) is 6.86. The van der Waals surface area contributed by atoms with Gasteiger partial charge >= 0.3 is 6.18 Å². The minimum Gasteiger partial charge on any atom is -0.507 e. The number of phenols is 1. The van der Waals surface area contributed by atoms with Gasteiger partial charge in [-0.1, -0.05) is 32.8 Å². The number of phenolic OH excluding ortho intramolecular Hbond substituents is 1. The first kappa shape index (κ1) is 32.1. The third-order valence-corrected chi connectivity index (χ3v) is 7.84. The number of rotatable bonds is 11. The summed E-state index contributed by atoms with van der Waals surface area (Å²) < 4.78 is 47.2. The Balaban J connectivity index is 1.86. The quantitative estimate of drug-likeness (QED) is 0.208. The van der Waals surface area contributed by atoms with Crippen LogP contribution in [0.15, 0.2) is 59.0 Å². The molecule has 0 saturated heterocycles. The fourth-order valence-corrected chi connectivity index (χ4v) is 5.15. The fraction of sp³-hybridized carbons (Fsp3) is 0.344. The van der Waals surface area contributed by atoms with E-state index in [1.807, 2.05) is 12.1 Å². The SMILES string of the molecule is [C-]#[N+]C1=C(/C=C/c2ccc(/C=C/c3ccc(N(CCCC)CCCC)cc3O)s2)C(C)(C(F)(F)F)OC1=C(C#N)C#N. The molecule has 2 heterocycles. The average Bonchev–Trinajstić information content (AvgIpc) is 3.53. The molecule has 1 aliphatic heterocycles. The van der Waals surface area contributed by atoms with Crippen LogP contribution >= 0.6 is 11.3 Å². The van der Waals surface area contributed by atoms with Crippen LogP contribution in [-0.2, 0) is 4.74 Å². The van der Waals surface area contributed by atoms with Crippen molar-refractivity contribution in [3.8, 4) is 17.9 Å². The standard InChI is InChI=1S/C32H31F3N4O2S/c1-5-7-17-39(18-8-6-2)24-11-9-22(28(40)19-24)10-12-25-13-14-26(42-25)15-16-27-29(38-4)30(23(20-36)21-37)41-31(27,3)32(33,34)35/h9-16,19,40H,5-8,17-18H2,1-3H3/b12-10+,16-15+. The first-order valence-corrected chi connectivity index (χ1v) is 14.3. The monoisotopic (exact) mass is 592 g/mol. The van der Waals surface area contributed by atoms with Gasteiger partial charge in [0.25, 0.3) is 0 Å². The zero-order valence-electron chi connectivity index (χ0n) is 23.6. The predicted octanol–water partition coefficient (Wildman–Crippen LogP) is 8.87. The van der Waals surface area contributed by atoms with E-state index in [-0.39, 0.29) is 5.75 Å². The van der Waals surface area contributed by atoms with Crippen LogP contribution in [0.2, 0.25) is 0 Å². The Labute approximate surface area is 248 Å². The number of halogens is 3. The molecule has 0 spiro atoms. The molecule has 1 atom stereocenters. The number of benzene rings is 1. The van der Waals surface area contributed by atoms with Crippen molar-refractivity contribution >= 4 is 35.3 Å². The number of allylic oxidation sites excluding steroid dienone is 1. The molecule has 1 unspecified atom stereocenters. The van der Waals surface area contributed by atoms with Crippen molar-refractivity contribution < 1.29 is 23.0 Å². The predicted molar refractivity (Wildman–Crippen MR) is 160 cm³/mol. The first-order chi connectivity index (χ1) is 20.0. The summed E-state index contributed by atoms with van der Waals surface area (Å²) in [5.41, 5.74) is -3.00. The summed E-state index contributed by atoms with van der Waals surface area (Å²) in [6.07, 6.45) is 5.55. The van der Waals surface area contributed by atoms with Crippen molar-refractivity contribution in [3.05, 3.63) is 85.7 Å². The summed E-state index contributed by atoms with van der Waals surface area (Å²) >= 11 is 1.30. The molecule has 0 bridgehead atoms. The lowest BCUT2D eigenvalue weighted by Gasteiger charge is -2.29. The van der Waals surface area contributed by atoms with Gasteiger partial charge in [0.1, 0.15) is 17.9 Å². The number of unbranched alkanes of at least 4 members (excludes halogenated alkanes) is 2. The van der Waals surface area contributed by atoms with Gasteiger partial charge in [0.05, 0.1) is 6.57 Å². The molecular formula is C32H31F3N4O2S. The lowest BCUT2D eigenvalue weighted by atomic mass is 9.94. The van der Waals surface area contributed by atoms with Gasteiger partial charge in [-0.15, -0.1) is 11.3 Å². The minimum atomic E-state index is -4.91. The first-order valence-electron chi connectivity index (χ1n) is 13.5. The molecule has 218 valence electrons. The Morgan fingerprint density at radius 3 is 2.14 bits per heavy atom. The van der Waals surface area contributed by atoms with E-state index < -0.39 is 34.4 Å². The topological polar surface area (TPSA) is 84.6 Å². The minimum absolute atomic E-state index is 0.155. The van der Waals surface area contributed by atoms with E-state index in [0.29, 0.717) is 10.4 Å². The molecular weight excluding hydrogens is 561 g/mol. The highest BCUT2D eigenvalue weighted by molar-refractivity contribution is 7.13. The molecule has 2 aromatic rings. The van der Waals surface area contributed by atoms with Crippen molar-refractivity contribution in [2.75, 3.05) is 18.0 Å². The lowest BCUT2D eigenvalue weighted by Crippen LogP contribution is -2.43. The zero-order valence-corrected chi connectivity index (χ0v) is 24.4. The van der Waals surface area contributed by atoms with Crippen LogP contribution in [0.25, 0.3) is 23.1 Å². The second kappa shape index (κ2) is 13.9. The number of aromatic hydroxyl groups is 1. The van der Waals surface area contributed by atoms with Crippen LogP contribution in [0.1, 0.15) is 61.8 Å². The Hall–Kier alpha value is -4.46. The molecule has 0 amide bonds. The highest BCUT2D eigenvalue weighted by atomic mass is 32.1. The highest BCUT2D eigenvalue weighted by Gasteiger charge is 2.60. The van der Waals surface area contributed by atoms with E-state index in [1.54, 1.807) is 30.4 Å². The van der Waals surface area contributed by atoms with E-state index in [4.69, 9.17) is 21.8 Å². The van der Waals surface area contributed by atoms with Gasteiger partial charge in [-0.05, 0) is 62.3 Å². The molecule has 0 saturated carbocycles. The molecule has 10 heteroatoms. The summed E-state index contributed by atoms with van der Waals surface area (Å²) in [6.45, 7) is 14.3. The van der Waals surface area contributed by atoms with Gasteiger partial charge in [0.15, 0.2) is 11.3 Å². The van der Waals surface area contributed by atoms with Crippen molar-refractivity contribution in [2.45, 2.75) is 58.2 Å². The number of ether oxygens (including phenoxy) is 1. The molecule has 1 aromatic heterocycles. The molecule has 1 aliphatic rings. The summed E-state index contributed by atoms with van der Waals surface area (Å²) in [5.74, 6) is -0.517. The Bertz CT molecular complexity index is 1520. The van der Waals surface area contributed by atoms with Crippen LogP contribution < -0.4 is 4.90 Å². The van der Waals surface area contributed by atoms with E-state index >= 15 is 0 Å². The molecule has 1 N–H and O–H groups in total. The second-order valence-corrected chi connectivity index (χ2v) is 10.9. The van der Waals surface area contributed by atoms with Gasteiger partial charge < -0.3 is 14.7 Å². The molecule has 0 radical (unpaired) electrons. The smallest absolute Gasteiger partial charge is 0.430 e. The molecule has 1 aromatic carbocycles. The van der Waals surface area contributed by atoms with Gasteiger partial charge in [0.2, 0.25) is 11.3 Å². The van der Waals surface area contributed by atoms with Crippen molar-refractivity contribution in [1.82, 2.24) is 0 Å². The van der Waals surface area contributed by atoms with Crippen LogP contribution in [0, 0.1) is 29.2 Å². The Kier molecular flexibility index (Phi) is 10.6. The van der Waals surface area contributed by atoms with E-state index in [9.17, 15) is 18.3 Å². The second-order valence-electron chi connectivity index (χ2n) is 9.78. The van der Waals surface area contributed by atoms with Crippen molar-refractivity contribution in [3.63, 3.8) is 0 Å². The Morgan fingerprint density at radius 1 is 1.05 bits per heavy atom. The maximum Gasteiger partial charge on any atom is 0.430 e. The van der Waals surface area contributed by atoms with Crippen LogP contribution in [0.5, 0.6) is 5.75 Å². The average molecular weight is 593 g/mol. The maximum absolute atomic E-state index is 14.0. The summed E-state index contributed by atoms with van der Waals surface area (Å²) in [5, 5.41) is 29.0. The number of nitrogens with zero attached hydrogens (tertiary/aromatic N) is 4. The van der Waals surface area contributed by atoms with Crippen molar-refractivity contribution in [1.29, 1.82) is 10.5 Å². The number of thiophene rings is 1. The Morgan fingerprint density at radius 2 is 1.64 bits per heavy atom. The highest BCUT2D eigenvalue weighted by Crippen LogP contribution is 2.50. The van der Waals surface area contributed by atoms with E-state index in [1.165, 1.54) is 29.6 Å². The molecule has 0 aliphatic carbocycles. The summed E-state index contributed by atoms with van der Waals surface area (Å²) in [6, 6.07) is 12.1. The van der Waals surface area contributed by atoms with E-state index in [2.05, 4.69) is 23.6 Å². The van der Waals surface area contributed by atoms with Gasteiger partial charge in [-0.25, -0.2) is 4.85 Å². The third kappa shape index (κ3) is 7.05. The number of nitriles is 2. The number of hydrogen-bond donors (Lipinski definition) is 1. The van der Waals surface area contributed by atoms with Crippen LogP contribution in [-0.4, -0.2) is 30.0 Å². The summed E-state index contributed by atoms with van der Waals surface area (Å²) in [7, 11) is 0. The van der Waals surface area contributed by atoms with Crippen LogP contribution in [0.4, 0.5) is 18.9 Å². The lowest BCUT2D eigenvalue weighted by molar-refractivity contribution is -0.236.